The third-order valence-electron chi connectivity index (χ3n) is 6.74. The Morgan fingerprint density at radius 1 is 0.949 bits per heavy atom. The molecule has 0 spiro atoms. The molecular weight excluding hydrogens is 555 g/mol. The quantitative estimate of drug-likeness (QED) is 0.248. The average Bonchev–Trinajstić information content (AvgIpc) is 2.92. The zero-order valence-electron chi connectivity index (χ0n) is 20.9. The molecule has 0 saturated carbocycles. The maximum absolute atomic E-state index is 11.8. The van der Waals surface area contributed by atoms with Crippen molar-refractivity contribution in [2.45, 2.75) is 4.90 Å². The number of carbonyl (C=O) groups is 1. The fourth-order valence-corrected chi connectivity index (χ4v) is 6.18. The summed E-state index contributed by atoms with van der Waals surface area (Å²) in [6, 6.07) is 18.5. The van der Waals surface area contributed by atoms with Crippen molar-refractivity contribution < 1.29 is 9.90 Å². The zero-order valence-corrected chi connectivity index (χ0v) is 23.3. The maximum Gasteiger partial charge on any atom is 0.335 e. The number of likely N-dealkylation sites (N-methyl/N-ethyl adjacent to an activating group) is 1. The van der Waals surface area contributed by atoms with Crippen LogP contribution in [0.25, 0.3) is 11.3 Å². The van der Waals surface area contributed by atoms with Gasteiger partial charge in [0.05, 0.1) is 27.5 Å². The highest BCUT2D eigenvalue weighted by Crippen LogP contribution is 2.50. The maximum atomic E-state index is 11.8. The van der Waals surface area contributed by atoms with Crippen LogP contribution >= 0.6 is 35.1 Å². The van der Waals surface area contributed by atoms with Crippen LogP contribution in [-0.4, -0.2) is 59.2 Å². The van der Waals surface area contributed by atoms with Crippen molar-refractivity contribution in [2.75, 3.05) is 47.7 Å². The van der Waals surface area contributed by atoms with E-state index < -0.39 is 5.97 Å². The van der Waals surface area contributed by atoms with Crippen LogP contribution in [0.5, 0.6) is 0 Å². The Morgan fingerprint density at radius 2 is 1.67 bits per heavy atom. The first kappa shape index (κ1) is 25.8. The Bertz CT molecular complexity index is 1540. The number of fused-ring (bicyclic) bond motifs is 3. The van der Waals surface area contributed by atoms with Gasteiger partial charge in [-0.3, -0.25) is 4.31 Å². The highest BCUT2D eigenvalue weighted by molar-refractivity contribution is 8.01. The normalized spacial score (nSPS) is 15.1. The molecule has 0 unspecified atom stereocenters. The van der Waals surface area contributed by atoms with Gasteiger partial charge in [0.1, 0.15) is 0 Å². The van der Waals surface area contributed by atoms with Gasteiger partial charge in [-0.1, -0.05) is 23.2 Å². The lowest BCUT2D eigenvalue weighted by molar-refractivity contribution is 0.0697. The van der Waals surface area contributed by atoms with E-state index in [9.17, 15) is 9.90 Å². The number of aromatic nitrogens is 2. The Kier molecular flexibility index (Phi) is 6.99. The van der Waals surface area contributed by atoms with Gasteiger partial charge in [-0.2, -0.15) is 0 Å². The minimum Gasteiger partial charge on any atom is -0.478 e. The van der Waals surface area contributed by atoms with E-state index in [4.69, 9.17) is 28.2 Å². The lowest BCUT2D eigenvalue weighted by Crippen LogP contribution is -2.44. The molecule has 11 heteroatoms. The molecule has 2 aliphatic heterocycles. The van der Waals surface area contributed by atoms with E-state index in [0.717, 1.165) is 48.0 Å². The molecule has 8 nitrogen and oxygen atoms in total. The molecule has 1 aromatic heterocycles. The predicted molar refractivity (Wildman–Crippen MR) is 158 cm³/mol. The number of nitrogens with one attached hydrogen (secondary N) is 1. The fourth-order valence-electron chi connectivity index (χ4n) is 4.67. The molecule has 2 aliphatic rings. The SMILES string of the molecule is CN1CCN(c2ccc(Nc3ncc4c(n3)-c3ccc(C(=O)O)cc3N(c3cc(Cl)cc(Cl)c3)S4)cc2)CC1. The van der Waals surface area contributed by atoms with E-state index in [1.165, 1.54) is 17.6 Å². The third-order valence-corrected chi connectivity index (χ3v) is 8.26. The first-order valence-corrected chi connectivity index (χ1v) is 13.9. The number of hydrogen-bond acceptors (Lipinski definition) is 8. The Morgan fingerprint density at radius 3 is 2.36 bits per heavy atom. The van der Waals surface area contributed by atoms with Crippen LogP contribution < -0.4 is 14.5 Å². The Balaban J connectivity index is 1.31. The van der Waals surface area contributed by atoms with E-state index in [0.29, 0.717) is 27.4 Å². The second kappa shape index (κ2) is 10.6. The summed E-state index contributed by atoms with van der Waals surface area (Å²) >= 11 is 14.0. The van der Waals surface area contributed by atoms with Crippen LogP contribution in [0.15, 0.2) is 71.8 Å². The standard InChI is InChI=1S/C28H24Cl2N6O2S/c1-34-8-10-35(11-9-34)21-5-3-20(4-6-21)32-28-31-16-25-26(33-28)23-7-2-17(27(37)38)12-24(23)36(39-25)22-14-18(29)13-19(30)15-22/h2-7,12-16H,8-11H2,1H3,(H,37,38)(H,31,32,33). The molecule has 3 heterocycles. The van der Waals surface area contributed by atoms with Crippen LogP contribution in [0, 0.1) is 0 Å². The summed E-state index contributed by atoms with van der Waals surface area (Å²) in [7, 11) is 2.15. The lowest BCUT2D eigenvalue weighted by Gasteiger charge is -2.34. The monoisotopic (exact) mass is 578 g/mol. The number of carboxylic acid groups (broad SMARTS) is 1. The van der Waals surface area contributed by atoms with Gasteiger partial charge in [-0.15, -0.1) is 0 Å². The highest BCUT2D eigenvalue weighted by atomic mass is 35.5. The van der Waals surface area contributed by atoms with E-state index in [1.807, 2.05) is 16.4 Å². The van der Waals surface area contributed by atoms with Gasteiger partial charge in [0, 0.05) is 59.4 Å². The minimum atomic E-state index is -1.01. The van der Waals surface area contributed by atoms with Gasteiger partial charge in [0.2, 0.25) is 5.95 Å². The summed E-state index contributed by atoms with van der Waals surface area (Å²) < 4.78 is 1.90. The number of benzene rings is 3. The average molecular weight is 580 g/mol. The molecule has 0 atom stereocenters. The number of nitrogens with zero attached hydrogens (tertiary/aromatic N) is 5. The predicted octanol–water partition coefficient (Wildman–Crippen LogP) is 6.80. The van der Waals surface area contributed by atoms with Crippen molar-refractivity contribution in [3.8, 4) is 11.3 Å². The first-order chi connectivity index (χ1) is 18.8. The topological polar surface area (TPSA) is 84.8 Å². The van der Waals surface area contributed by atoms with Crippen LogP contribution in [0.2, 0.25) is 10.0 Å². The Hall–Kier alpha value is -3.50. The van der Waals surface area contributed by atoms with Gasteiger partial charge in [-0.05, 0) is 79.7 Å². The molecule has 0 aliphatic carbocycles. The van der Waals surface area contributed by atoms with E-state index in [-0.39, 0.29) is 5.56 Å². The summed E-state index contributed by atoms with van der Waals surface area (Å²) in [5.41, 5.74) is 5.13. The zero-order chi connectivity index (χ0) is 27.1. The summed E-state index contributed by atoms with van der Waals surface area (Å²) in [5.74, 6) is -0.558. The molecule has 0 bridgehead atoms. The van der Waals surface area contributed by atoms with E-state index in [1.54, 1.807) is 42.6 Å². The molecule has 1 fully saturated rings. The number of anilines is 5. The molecule has 6 rings (SSSR count). The third kappa shape index (κ3) is 5.35. The number of piperazine rings is 1. The molecule has 4 aromatic rings. The number of rotatable bonds is 5. The summed E-state index contributed by atoms with van der Waals surface area (Å²) in [5, 5.41) is 13.9. The van der Waals surface area contributed by atoms with Crippen molar-refractivity contribution in [3.05, 3.63) is 82.5 Å². The summed E-state index contributed by atoms with van der Waals surface area (Å²) in [6.07, 6.45) is 1.77. The molecule has 2 N–H and O–H groups in total. The largest absolute Gasteiger partial charge is 0.478 e. The van der Waals surface area contributed by atoms with Crippen molar-refractivity contribution >= 4 is 69.8 Å². The van der Waals surface area contributed by atoms with Crippen LogP contribution in [-0.2, 0) is 0 Å². The smallest absolute Gasteiger partial charge is 0.335 e. The fraction of sp³-hybridized carbons (Fsp3) is 0.179. The summed E-state index contributed by atoms with van der Waals surface area (Å²) in [4.78, 5) is 26.7. The van der Waals surface area contributed by atoms with Crippen LogP contribution in [0.4, 0.5) is 28.7 Å². The van der Waals surface area contributed by atoms with Crippen molar-refractivity contribution in [1.82, 2.24) is 14.9 Å². The number of halogens is 2. The van der Waals surface area contributed by atoms with Crippen LogP contribution in [0.3, 0.4) is 0 Å². The summed E-state index contributed by atoms with van der Waals surface area (Å²) in [6.45, 7) is 4.13. The van der Waals surface area contributed by atoms with Crippen molar-refractivity contribution in [1.29, 1.82) is 0 Å². The molecule has 0 amide bonds. The van der Waals surface area contributed by atoms with Crippen molar-refractivity contribution in [2.24, 2.45) is 0 Å². The molecular formula is C28H24Cl2N6O2S. The van der Waals surface area contributed by atoms with Gasteiger partial charge < -0.3 is 20.2 Å². The molecule has 0 radical (unpaired) electrons. The first-order valence-electron chi connectivity index (χ1n) is 12.3. The van der Waals surface area contributed by atoms with Gasteiger partial charge in [-0.25, -0.2) is 14.8 Å². The number of carboxylic acids is 1. The molecule has 39 heavy (non-hydrogen) atoms. The number of hydrogen-bond donors (Lipinski definition) is 2. The second-order valence-corrected chi connectivity index (χ2v) is 11.3. The van der Waals surface area contributed by atoms with Gasteiger partial charge in [0.15, 0.2) is 0 Å². The molecule has 3 aromatic carbocycles. The van der Waals surface area contributed by atoms with Crippen molar-refractivity contribution in [3.63, 3.8) is 0 Å². The Labute approximate surface area is 240 Å². The second-order valence-electron chi connectivity index (χ2n) is 9.42. The van der Waals surface area contributed by atoms with E-state index in [2.05, 4.69) is 39.3 Å². The molecule has 198 valence electrons. The highest BCUT2D eigenvalue weighted by Gasteiger charge is 2.28. The molecule has 1 saturated heterocycles. The van der Waals surface area contributed by atoms with Gasteiger partial charge >= 0.3 is 5.97 Å². The van der Waals surface area contributed by atoms with E-state index >= 15 is 0 Å². The number of aromatic carboxylic acids is 1. The lowest BCUT2D eigenvalue weighted by atomic mass is 10.0. The van der Waals surface area contributed by atoms with Crippen LogP contribution in [0.1, 0.15) is 10.4 Å². The minimum absolute atomic E-state index is 0.170. The van der Waals surface area contributed by atoms with Gasteiger partial charge in [0.25, 0.3) is 0 Å².